The first-order valence-corrected chi connectivity index (χ1v) is 10.6. The molecule has 0 fully saturated rings. The summed E-state index contributed by atoms with van der Waals surface area (Å²) in [4.78, 5) is 7.94. The summed E-state index contributed by atoms with van der Waals surface area (Å²) < 4.78 is 0. The van der Waals surface area contributed by atoms with Crippen LogP contribution < -0.4 is 0 Å². The minimum absolute atomic E-state index is 0.778. The summed E-state index contributed by atoms with van der Waals surface area (Å²) >= 11 is 1.92. The second kappa shape index (κ2) is 6.61. The van der Waals surface area contributed by atoms with Crippen LogP contribution in [-0.4, -0.2) is 4.98 Å². The van der Waals surface area contributed by atoms with Gasteiger partial charge in [-0.1, -0.05) is 67.6 Å². The van der Waals surface area contributed by atoms with Crippen molar-refractivity contribution >= 4 is 21.6 Å². The standard InChI is InChI=1S/C25H23NS/c1-16-13-14-20-21(15-16)27-25-23(20)22(18-9-5-3-6-10-18)17(2)24(26-25)19-11-7-4-8-12-19/h3-12,16H,13-15H2,1-2H3. The summed E-state index contributed by atoms with van der Waals surface area (Å²) in [5.74, 6) is 0.778. The van der Waals surface area contributed by atoms with Crippen LogP contribution in [-0.2, 0) is 12.8 Å². The Morgan fingerprint density at radius 2 is 1.59 bits per heavy atom. The number of hydrogen-bond donors (Lipinski definition) is 0. The minimum atomic E-state index is 0.778. The molecule has 0 spiro atoms. The molecule has 1 atom stereocenters. The number of pyridine rings is 1. The third-order valence-corrected chi connectivity index (χ3v) is 6.94. The summed E-state index contributed by atoms with van der Waals surface area (Å²) in [5, 5.41) is 1.41. The van der Waals surface area contributed by atoms with Gasteiger partial charge in [-0.05, 0) is 54.4 Å². The molecule has 0 bridgehead atoms. The Morgan fingerprint density at radius 3 is 2.30 bits per heavy atom. The van der Waals surface area contributed by atoms with Crippen molar-refractivity contribution in [1.29, 1.82) is 0 Å². The van der Waals surface area contributed by atoms with E-state index in [-0.39, 0.29) is 0 Å². The molecule has 1 aliphatic carbocycles. The van der Waals surface area contributed by atoms with E-state index in [0.29, 0.717) is 0 Å². The SMILES string of the molecule is Cc1c(-c2ccccc2)nc2sc3c(c2c1-c1ccccc1)CCC(C)C3. The van der Waals surface area contributed by atoms with Crippen molar-refractivity contribution in [2.75, 3.05) is 0 Å². The highest BCUT2D eigenvalue weighted by atomic mass is 32.1. The summed E-state index contributed by atoms with van der Waals surface area (Å²) in [5.41, 5.74) is 7.86. The number of thiophene rings is 1. The Kier molecular flexibility index (Phi) is 4.09. The fourth-order valence-corrected chi connectivity index (χ4v) is 5.80. The zero-order valence-corrected chi connectivity index (χ0v) is 16.6. The molecule has 1 unspecified atom stereocenters. The molecule has 0 radical (unpaired) electrons. The molecular formula is C25H23NS. The highest BCUT2D eigenvalue weighted by Gasteiger charge is 2.25. The van der Waals surface area contributed by atoms with E-state index in [1.165, 1.54) is 51.7 Å². The lowest BCUT2D eigenvalue weighted by Gasteiger charge is -2.19. The number of aryl methyl sites for hydroxylation is 1. The van der Waals surface area contributed by atoms with Gasteiger partial charge in [-0.15, -0.1) is 11.3 Å². The Balaban J connectivity index is 1.87. The van der Waals surface area contributed by atoms with Crippen LogP contribution in [0.5, 0.6) is 0 Å². The molecule has 5 rings (SSSR count). The van der Waals surface area contributed by atoms with Gasteiger partial charge in [0.25, 0.3) is 0 Å². The second-order valence-electron chi connectivity index (χ2n) is 7.72. The maximum Gasteiger partial charge on any atom is 0.125 e. The van der Waals surface area contributed by atoms with E-state index in [2.05, 4.69) is 74.5 Å². The first-order chi connectivity index (χ1) is 13.2. The van der Waals surface area contributed by atoms with Gasteiger partial charge >= 0.3 is 0 Å². The lowest BCUT2D eigenvalue weighted by atomic mass is 9.86. The molecule has 1 aliphatic rings. The Bertz CT molecular complexity index is 1110. The van der Waals surface area contributed by atoms with Crippen molar-refractivity contribution in [1.82, 2.24) is 4.98 Å². The molecule has 134 valence electrons. The van der Waals surface area contributed by atoms with Gasteiger partial charge in [-0.3, -0.25) is 0 Å². The van der Waals surface area contributed by atoms with Crippen LogP contribution in [0.4, 0.5) is 0 Å². The fourth-order valence-electron chi connectivity index (χ4n) is 4.41. The maximum atomic E-state index is 5.18. The van der Waals surface area contributed by atoms with Gasteiger partial charge in [-0.25, -0.2) is 4.98 Å². The molecule has 0 aliphatic heterocycles. The number of nitrogens with zero attached hydrogens (tertiary/aromatic N) is 1. The average molecular weight is 370 g/mol. The Hall–Kier alpha value is -2.45. The predicted octanol–water partition coefficient (Wildman–Crippen LogP) is 7.06. The minimum Gasteiger partial charge on any atom is -0.237 e. The van der Waals surface area contributed by atoms with Gasteiger partial charge in [0.15, 0.2) is 0 Å². The van der Waals surface area contributed by atoms with Crippen LogP contribution in [0.15, 0.2) is 60.7 Å². The largest absolute Gasteiger partial charge is 0.237 e. The fraction of sp³-hybridized carbons (Fsp3) is 0.240. The van der Waals surface area contributed by atoms with Crippen molar-refractivity contribution in [3.8, 4) is 22.4 Å². The summed E-state index contributed by atoms with van der Waals surface area (Å²) in [6.07, 6.45) is 3.67. The van der Waals surface area contributed by atoms with Crippen LogP contribution in [0.1, 0.15) is 29.3 Å². The molecule has 2 heterocycles. The molecule has 0 saturated carbocycles. The van der Waals surface area contributed by atoms with E-state index in [0.717, 1.165) is 11.6 Å². The van der Waals surface area contributed by atoms with Crippen molar-refractivity contribution in [2.24, 2.45) is 5.92 Å². The van der Waals surface area contributed by atoms with E-state index in [9.17, 15) is 0 Å². The van der Waals surface area contributed by atoms with Crippen LogP contribution in [0.3, 0.4) is 0 Å². The quantitative estimate of drug-likeness (QED) is 0.368. The molecule has 2 aromatic carbocycles. The highest BCUT2D eigenvalue weighted by Crippen LogP contribution is 2.45. The molecule has 0 saturated heterocycles. The van der Waals surface area contributed by atoms with Gasteiger partial charge in [0.2, 0.25) is 0 Å². The molecule has 0 N–H and O–H groups in total. The Morgan fingerprint density at radius 1 is 0.926 bits per heavy atom. The van der Waals surface area contributed by atoms with E-state index in [4.69, 9.17) is 4.98 Å². The molecule has 4 aromatic rings. The topological polar surface area (TPSA) is 12.9 Å². The van der Waals surface area contributed by atoms with E-state index >= 15 is 0 Å². The van der Waals surface area contributed by atoms with E-state index in [1.807, 2.05) is 11.3 Å². The van der Waals surface area contributed by atoms with Gasteiger partial charge in [0, 0.05) is 15.8 Å². The number of rotatable bonds is 2. The van der Waals surface area contributed by atoms with E-state index in [1.54, 1.807) is 10.4 Å². The number of fused-ring (bicyclic) bond motifs is 3. The molecule has 2 aromatic heterocycles. The molecular weight excluding hydrogens is 346 g/mol. The van der Waals surface area contributed by atoms with Crippen LogP contribution in [0, 0.1) is 12.8 Å². The molecule has 1 nitrogen and oxygen atoms in total. The van der Waals surface area contributed by atoms with Gasteiger partial charge in [-0.2, -0.15) is 0 Å². The van der Waals surface area contributed by atoms with Crippen molar-refractivity contribution in [3.05, 3.63) is 76.7 Å². The third kappa shape index (κ3) is 2.80. The molecule has 0 amide bonds. The number of aromatic nitrogens is 1. The normalized spacial score (nSPS) is 16.4. The predicted molar refractivity (Wildman–Crippen MR) is 116 cm³/mol. The molecule has 27 heavy (non-hydrogen) atoms. The van der Waals surface area contributed by atoms with Crippen molar-refractivity contribution in [2.45, 2.75) is 33.1 Å². The number of hydrogen-bond acceptors (Lipinski definition) is 2. The van der Waals surface area contributed by atoms with Crippen molar-refractivity contribution < 1.29 is 0 Å². The first-order valence-electron chi connectivity index (χ1n) is 9.78. The summed E-state index contributed by atoms with van der Waals surface area (Å²) in [7, 11) is 0. The zero-order chi connectivity index (χ0) is 18.4. The molecule has 2 heteroatoms. The first kappa shape index (κ1) is 16.7. The second-order valence-corrected chi connectivity index (χ2v) is 8.81. The van der Waals surface area contributed by atoms with Gasteiger partial charge in [0.05, 0.1) is 5.69 Å². The zero-order valence-electron chi connectivity index (χ0n) is 15.8. The summed E-state index contributed by atoms with van der Waals surface area (Å²) in [6.45, 7) is 4.62. The maximum absolute atomic E-state index is 5.18. The van der Waals surface area contributed by atoms with Crippen molar-refractivity contribution in [3.63, 3.8) is 0 Å². The van der Waals surface area contributed by atoms with Crippen LogP contribution in [0.2, 0.25) is 0 Å². The number of benzene rings is 2. The van der Waals surface area contributed by atoms with Crippen LogP contribution >= 0.6 is 11.3 Å². The Labute approximate surface area is 164 Å². The van der Waals surface area contributed by atoms with E-state index < -0.39 is 0 Å². The van der Waals surface area contributed by atoms with Crippen LogP contribution in [0.25, 0.3) is 32.6 Å². The lowest BCUT2D eigenvalue weighted by Crippen LogP contribution is -2.08. The van der Waals surface area contributed by atoms with Gasteiger partial charge in [0.1, 0.15) is 4.83 Å². The lowest BCUT2D eigenvalue weighted by molar-refractivity contribution is 0.509. The highest BCUT2D eigenvalue weighted by molar-refractivity contribution is 7.19. The third-order valence-electron chi connectivity index (χ3n) is 5.80. The smallest absolute Gasteiger partial charge is 0.125 e. The average Bonchev–Trinajstić information content (AvgIpc) is 3.06. The summed E-state index contributed by atoms with van der Waals surface area (Å²) in [6, 6.07) is 21.5. The monoisotopic (exact) mass is 369 g/mol. The van der Waals surface area contributed by atoms with Gasteiger partial charge < -0.3 is 0 Å².